The summed E-state index contributed by atoms with van der Waals surface area (Å²) >= 11 is 0. The number of hydrogen-bond donors (Lipinski definition) is 2. The Balaban J connectivity index is 2.36. The molecule has 0 spiro atoms. The minimum Gasteiger partial charge on any atom is -0.508 e. The van der Waals surface area contributed by atoms with Crippen LogP contribution in [-0.2, 0) is 4.79 Å². The summed E-state index contributed by atoms with van der Waals surface area (Å²) in [5.41, 5.74) is 0.705. The van der Waals surface area contributed by atoms with E-state index >= 15 is 0 Å². The van der Waals surface area contributed by atoms with Gasteiger partial charge in [0.25, 0.3) is 0 Å². The Hall–Kier alpha value is -1.55. The Morgan fingerprint density at radius 1 is 1.35 bits per heavy atom. The lowest BCUT2D eigenvalue weighted by Crippen LogP contribution is -2.30. The minimum atomic E-state index is -0.0331. The van der Waals surface area contributed by atoms with E-state index in [0.717, 1.165) is 19.4 Å². The maximum Gasteiger partial charge on any atom is 0.238 e. The molecular weight excluding hydrogens is 216 g/mol. The van der Waals surface area contributed by atoms with Crippen LogP contribution < -0.4 is 5.32 Å². The summed E-state index contributed by atoms with van der Waals surface area (Å²) < 4.78 is 0. The van der Waals surface area contributed by atoms with E-state index in [-0.39, 0.29) is 11.7 Å². The van der Waals surface area contributed by atoms with E-state index in [1.165, 1.54) is 0 Å². The zero-order valence-corrected chi connectivity index (χ0v) is 10.4. The van der Waals surface area contributed by atoms with Gasteiger partial charge < -0.3 is 10.4 Å². The topological polar surface area (TPSA) is 52.6 Å². The van der Waals surface area contributed by atoms with E-state index in [2.05, 4.69) is 12.2 Å². The monoisotopic (exact) mass is 236 g/mol. The quantitative estimate of drug-likeness (QED) is 0.743. The molecule has 2 N–H and O–H groups in total. The molecule has 0 heterocycles. The Morgan fingerprint density at radius 3 is 2.59 bits per heavy atom. The Bertz CT molecular complexity index is 349. The van der Waals surface area contributed by atoms with Crippen molar-refractivity contribution in [2.45, 2.75) is 19.8 Å². The van der Waals surface area contributed by atoms with Crippen LogP contribution in [0.5, 0.6) is 5.75 Å². The average molecular weight is 236 g/mol. The molecule has 0 aliphatic carbocycles. The molecule has 0 bridgehead atoms. The number of benzene rings is 1. The van der Waals surface area contributed by atoms with Gasteiger partial charge in [-0.15, -0.1) is 0 Å². The molecule has 1 rings (SSSR count). The summed E-state index contributed by atoms with van der Waals surface area (Å²) in [7, 11) is 1.94. The largest absolute Gasteiger partial charge is 0.508 e. The second-order valence-electron chi connectivity index (χ2n) is 4.19. The number of aromatic hydroxyl groups is 1. The van der Waals surface area contributed by atoms with Gasteiger partial charge in [0, 0.05) is 5.69 Å². The SMILES string of the molecule is CCCCN(C)CC(=O)Nc1ccc(O)cc1. The lowest BCUT2D eigenvalue weighted by molar-refractivity contribution is -0.117. The zero-order chi connectivity index (χ0) is 12.7. The standard InChI is InChI=1S/C13H20N2O2/c1-3-4-9-15(2)10-13(17)14-11-5-7-12(16)8-6-11/h5-8,16H,3-4,9-10H2,1-2H3,(H,14,17). The van der Waals surface area contributed by atoms with Crippen molar-refractivity contribution < 1.29 is 9.90 Å². The Kier molecular flexibility index (Phi) is 5.49. The van der Waals surface area contributed by atoms with Gasteiger partial charge >= 0.3 is 0 Å². The van der Waals surface area contributed by atoms with Crippen LogP contribution in [0, 0.1) is 0 Å². The number of hydrogen-bond acceptors (Lipinski definition) is 3. The van der Waals surface area contributed by atoms with E-state index < -0.39 is 0 Å². The van der Waals surface area contributed by atoms with Gasteiger partial charge in [-0.1, -0.05) is 13.3 Å². The van der Waals surface area contributed by atoms with Gasteiger partial charge in [-0.2, -0.15) is 0 Å². The van der Waals surface area contributed by atoms with Crippen molar-refractivity contribution in [2.75, 3.05) is 25.5 Å². The number of phenols is 1. The number of rotatable bonds is 6. The first-order valence-electron chi connectivity index (χ1n) is 5.89. The van der Waals surface area contributed by atoms with E-state index in [1.54, 1.807) is 24.3 Å². The van der Waals surface area contributed by atoms with Gasteiger partial charge in [0.15, 0.2) is 0 Å². The van der Waals surface area contributed by atoms with Crippen LogP contribution in [0.4, 0.5) is 5.69 Å². The molecule has 0 atom stereocenters. The van der Waals surface area contributed by atoms with Gasteiger partial charge in [-0.05, 0) is 44.3 Å². The third-order valence-corrected chi connectivity index (χ3v) is 2.46. The first-order chi connectivity index (χ1) is 8.11. The summed E-state index contributed by atoms with van der Waals surface area (Å²) in [4.78, 5) is 13.7. The van der Waals surface area contributed by atoms with Crippen LogP contribution in [0.1, 0.15) is 19.8 Å². The third kappa shape index (κ3) is 5.36. The molecule has 17 heavy (non-hydrogen) atoms. The molecular formula is C13H20N2O2. The van der Waals surface area contributed by atoms with Crippen molar-refractivity contribution >= 4 is 11.6 Å². The smallest absolute Gasteiger partial charge is 0.238 e. The van der Waals surface area contributed by atoms with Crippen molar-refractivity contribution in [1.29, 1.82) is 0 Å². The molecule has 94 valence electrons. The second kappa shape index (κ2) is 6.91. The number of phenolic OH excluding ortho intramolecular Hbond substituents is 1. The van der Waals surface area contributed by atoms with Crippen molar-refractivity contribution in [3.63, 3.8) is 0 Å². The Morgan fingerprint density at radius 2 is 2.00 bits per heavy atom. The molecule has 0 aliphatic rings. The summed E-state index contributed by atoms with van der Waals surface area (Å²) in [6.07, 6.45) is 2.23. The van der Waals surface area contributed by atoms with Gasteiger partial charge in [0.1, 0.15) is 5.75 Å². The van der Waals surface area contributed by atoms with E-state index in [4.69, 9.17) is 5.11 Å². The summed E-state index contributed by atoms with van der Waals surface area (Å²) in [5.74, 6) is 0.164. The summed E-state index contributed by atoms with van der Waals surface area (Å²) in [6.45, 7) is 3.45. The third-order valence-electron chi connectivity index (χ3n) is 2.46. The van der Waals surface area contributed by atoms with Crippen molar-refractivity contribution in [3.05, 3.63) is 24.3 Å². The Labute approximate surface area is 102 Å². The molecule has 0 fully saturated rings. The molecule has 1 aromatic carbocycles. The van der Waals surface area contributed by atoms with Crippen LogP contribution in [-0.4, -0.2) is 36.1 Å². The predicted octanol–water partition coefficient (Wildman–Crippen LogP) is 2.06. The molecule has 4 heteroatoms. The highest BCUT2D eigenvalue weighted by Gasteiger charge is 2.06. The lowest BCUT2D eigenvalue weighted by atomic mass is 10.3. The number of nitrogens with one attached hydrogen (secondary N) is 1. The average Bonchev–Trinajstić information content (AvgIpc) is 2.29. The highest BCUT2D eigenvalue weighted by atomic mass is 16.3. The minimum absolute atomic E-state index is 0.0331. The lowest BCUT2D eigenvalue weighted by Gasteiger charge is -2.15. The van der Waals surface area contributed by atoms with Gasteiger partial charge in [-0.25, -0.2) is 0 Å². The van der Waals surface area contributed by atoms with Crippen molar-refractivity contribution in [2.24, 2.45) is 0 Å². The van der Waals surface area contributed by atoms with Crippen molar-refractivity contribution in [1.82, 2.24) is 4.90 Å². The fraction of sp³-hybridized carbons (Fsp3) is 0.462. The van der Waals surface area contributed by atoms with Crippen molar-refractivity contribution in [3.8, 4) is 5.75 Å². The number of anilines is 1. The molecule has 0 aromatic heterocycles. The molecule has 0 aliphatic heterocycles. The van der Waals surface area contributed by atoms with E-state index in [1.807, 2.05) is 11.9 Å². The van der Waals surface area contributed by atoms with E-state index in [0.29, 0.717) is 12.2 Å². The molecule has 0 saturated carbocycles. The van der Waals surface area contributed by atoms with Gasteiger partial charge in [-0.3, -0.25) is 9.69 Å². The number of amides is 1. The van der Waals surface area contributed by atoms with Crippen LogP contribution in [0.15, 0.2) is 24.3 Å². The number of likely N-dealkylation sites (N-methyl/N-ethyl adjacent to an activating group) is 1. The number of carbonyl (C=O) groups excluding carboxylic acids is 1. The van der Waals surface area contributed by atoms with Gasteiger partial charge in [0.2, 0.25) is 5.91 Å². The molecule has 0 radical (unpaired) electrons. The summed E-state index contributed by atoms with van der Waals surface area (Å²) in [5, 5.41) is 11.9. The molecule has 1 aromatic rings. The van der Waals surface area contributed by atoms with Crippen LogP contribution in [0.3, 0.4) is 0 Å². The van der Waals surface area contributed by atoms with Crippen LogP contribution in [0.25, 0.3) is 0 Å². The summed E-state index contributed by atoms with van der Waals surface area (Å²) in [6, 6.07) is 6.46. The highest BCUT2D eigenvalue weighted by molar-refractivity contribution is 5.92. The van der Waals surface area contributed by atoms with Crippen LogP contribution in [0.2, 0.25) is 0 Å². The maximum atomic E-state index is 11.7. The van der Waals surface area contributed by atoms with E-state index in [9.17, 15) is 4.79 Å². The molecule has 0 saturated heterocycles. The number of unbranched alkanes of at least 4 members (excludes halogenated alkanes) is 1. The predicted molar refractivity (Wildman–Crippen MR) is 69.1 cm³/mol. The first kappa shape index (κ1) is 13.5. The fourth-order valence-electron chi connectivity index (χ4n) is 1.50. The van der Waals surface area contributed by atoms with Gasteiger partial charge in [0.05, 0.1) is 6.54 Å². The zero-order valence-electron chi connectivity index (χ0n) is 10.4. The molecule has 0 unspecified atom stereocenters. The number of nitrogens with zero attached hydrogens (tertiary/aromatic N) is 1. The normalized spacial score (nSPS) is 10.5. The second-order valence-corrected chi connectivity index (χ2v) is 4.19. The highest BCUT2D eigenvalue weighted by Crippen LogP contribution is 2.13. The molecule has 1 amide bonds. The maximum absolute atomic E-state index is 11.7. The first-order valence-corrected chi connectivity index (χ1v) is 5.89. The fourth-order valence-corrected chi connectivity index (χ4v) is 1.50. The number of carbonyl (C=O) groups is 1. The van der Waals surface area contributed by atoms with Crippen LogP contribution >= 0.6 is 0 Å². The molecule has 4 nitrogen and oxygen atoms in total.